The molecule has 0 saturated carbocycles. The minimum absolute atomic E-state index is 0.116. The first kappa shape index (κ1) is 32.7. The van der Waals surface area contributed by atoms with Crippen molar-refractivity contribution in [3.05, 3.63) is 64.2 Å². The van der Waals surface area contributed by atoms with Gasteiger partial charge >= 0.3 is 24.6 Å². The molecule has 1 aliphatic rings. The van der Waals surface area contributed by atoms with Crippen molar-refractivity contribution in [1.82, 2.24) is 4.90 Å². The van der Waals surface area contributed by atoms with Gasteiger partial charge in [0.25, 0.3) is 0 Å². The second kappa shape index (κ2) is 11.5. The molecule has 42 heavy (non-hydrogen) atoms. The molecule has 1 aliphatic heterocycles. The van der Waals surface area contributed by atoms with E-state index < -0.39 is 83.3 Å². The number of anilines is 1. The van der Waals surface area contributed by atoms with Gasteiger partial charge in [-0.2, -0.15) is 39.5 Å². The monoisotopic (exact) mass is 612 g/mol. The molecule has 15 heteroatoms. The van der Waals surface area contributed by atoms with E-state index >= 15 is 0 Å². The van der Waals surface area contributed by atoms with Crippen molar-refractivity contribution in [3.8, 4) is 0 Å². The molecule has 1 heterocycles. The van der Waals surface area contributed by atoms with Crippen LogP contribution in [0.1, 0.15) is 68.0 Å². The molecule has 230 valence electrons. The molecule has 0 radical (unpaired) electrons. The predicted octanol–water partition coefficient (Wildman–Crippen LogP) is 7.55. The highest BCUT2D eigenvalue weighted by molar-refractivity contribution is 5.97. The van der Waals surface area contributed by atoms with E-state index in [4.69, 9.17) is 4.74 Å². The number of ether oxygens (including phenoxy) is 1. The fraction of sp³-hybridized carbons (Fsp3) is 0.444. The van der Waals surface area contributed by atoms with Crippen LogP contribution in [0.3, 0.4) is 0 Å². The molecule has 2 unspecified atom stereocenters. The Hall–Kier alpha value is -3.78. The van der Waals surface area contributed by atoms with Gasteiger partial charge in [0, 0.05) is 13.0 Å². The molecule has 6 nitrogen and oxygen atoms in total. The Balaban J connectivity index is 2.13. The summed E-state index contributed by atoms with van der Waals surface area (Å²) in [5.41, 5.74) is -5.66. The summed E-state index contributed by atoms with van der Waals surface area (Å²) in [5.74, 6) is -2.28. The molecular weight excluding hydrogens is 587 g/mol. The number of fused-ring (bicyclic) bond motifs is 1. The Morgan fingerprint density at radius 2 is 1.40 bits per heavy atom. The van der Waals surface area contributed by atoms with Crippen molar-refractivity contribution in [2.45, 2.75) is 77.3 Å². The highest BCUT2D eigenvalue weighted by atomic mass is 19.4. The van der Waals surface area contributed by atoms with E-state index in [9.17, 15) is 53.9 Å². The average molecular weight is 612 g/mol. The van der Waals surface area contributed by atoms with Gasteiger partial charge in [-0.1, -0.05) is 0 Å². The van der Waals surface area contributed by atoms with Gasteiger partial charge in [-0.15, -0.1) is 0 Å². The molecule has 0 aliphatic carbocycles. The highest BCUT2D eigenvalue weighted by Crippen LogP contribution is 2.44. The molecular formula is C27H25F9N2O4. The Morgan fingerprint density at radius 1 is 0.881 bits per heavy atom. The summed E-state index contributed by atoms with van der Waals surface area (Å²) in [6.07, 6.45) is -18.2. The van der Waals surface area contributed by atoms with Gasteiger partial charge in [0.1, 0.15) is 0 Å². The topological polar surface area (TPSA) is 66.9 Å². The van der Waals surface area contributed by atoms with Crippen molar-refractivity contribution in [2.75, 3.05) is 4.90 Å². The lowest BCUT2D eigenvalue weighted by molar-refractivity contribution is -0.147. The van der Waals surface area contributed by atoms with Crippen molar-refractivity contribution in [1.29, 1.82) is 0 Å². The molecule has 3 amide bonds. The summed E-state index contributed by atoms with van der Waals surface area (Å²) in [6, 6.07) is 0.515. The van der Waals surface area contributed by atoms with Gasteiger partial charge in [-0.05, 0) is 74.7 Å². The standard InChI is InChI=1S/C27H25F9N2O4/c1-13(2)42-24(41)37-14(3)7-22(20-12-17(25(28,29)30)5-6-21(20)37)38(15(4)39)23(40)10-16-8-18(26(31,32)33)11-19(9-16)27(34,35)36/h5-6,8-9,11-14,22H,7,10H2,1-4H3. The summed E-state index contributed by atoms with van der Waals surface area (Å²) in [4.78, 5) is 40.4. The van der Waals surface area contributed by atoms with Crippen molar-refractivity contribution in [2.24, 2.45) is 0 Å². The quantitative estimate of drug-likeness (QED) is 0.335. The number of benzene rings is 2. The molecule has 3 rings (SSSR count). The maximum Gasteiger partial charge on any atom is 0.416 e. The van der Waals surface area contributed by atoms with E-state index in [0.29, 0.717) is 29.2 Å². The zero-order valence-electron chi connectivity index (χ0n) is 22.5. The Labute approximate surface area is 234 Å². The second-order valence-electron chi connectivity index (χ2n) is 10.0. The maximum absolute atomic E-state index is 13.6. The zero-order chi connectivity index (χ0) is 31.9. The van der Waals surface area contributed by atoms with Gasteiger partial charge in [0.15, 0.2) is 0 Å². The third-order valence-corrected chi connectivity index (χ3v) is 6.43. The summed E-state index contributed by atoms with van der Waals surface area (Å²) in [7, 11) is 0. The largest absolute Gasteiger partial charge is 0.446 e. The number of amides is 3. The number of hydrogen-bond acceptors (Lipinski definition) is 4. The normalized spacial score (nSPS) is 17.6. The van der Waals surface area contributed by atoms with Gasteiger partial charge in [-0.3, -0.25) is 19.4 Å². The lowest BCUT2D eigenvalue weighted by Gasteiger charge is -2.42. The van der Waals surface area contributed by atoms with Crippen LogP contribution in [-0.4, -0.2) is 35.0 Å². The van der Waals surface area contributed by atoms with E-state index in [1.807, 2.05) is 0 Å². The number of alkyl halides is 9. The van der Waals surface area contributed by atoms with E-state index in [-0.39, 0.29) is 23.7 Å². The summed E-state index contributed by atoms with van der Waals surface area (Å²) >= 11 is 0. The number of hydrogen-bond donors (Lipinski definition) is 0. The molecule has 0 fully saturated rings. The van der Waals surface area contributed by atoms with E-state index in [2.05, 4.69) is 0 Å². The van der Waals surface area contributed by atoms with Crippen molar-refractivity contribution >= 4 is 23.6 Å². The number of halogens is 9. The third-order valence-electron chi connectivity index (χ3n) is 6.43. The number of imide groups is 1. The summed E-state index contributed by atoms with van der Waals surface area (Å²) in [6.45, 7) is 5.43. The first-order valence-electron chi connectivity index (χ1n) is 12.4. The minimum Gasteiger partial charge on any atom is -0.446 e. The lowest BCUT2D eigenvalue weighted by atomic mass is 9.88. The van der Waals surface area contributed by atoms with Crippen LogP contribution in [0.5, 0.6) is 0 Å². The van der Waals surface area contributed by atoms with Gasteiger partial charge < -0.3 is 4.74 Å². The van der Waals surface area contributed by atoms with Gasteiger partial charge in [0.2, 0.25) is 11.8 Å². The Morgan fingerprint density at radius 3 is 1.86 bits per heavy atom. The molecule has 0 bridgehead atoms. The molecule has 2 aromatic rings. The molecule has 0 spiro atoms. The third kappa shape index (κ3) is 7.16. The second-order valence-corrected chi connectivity index (χ2v) is 10.0. The first-order chi connectivity index (χ1) is 19.1. The van der Waals surface area contributed by atoms with Crippen LogP contribution in [-0.2, 0) is 39.3 Å². The minimum atomic E-state index is -5.20. The molecule has 2 aromatic carbocycles. The molecule has 0 aromatic heterocycles. The Bertz CT molecular complexity index is 1330. The summed E-state index contributed by atoms with van der Waals surface area (Å²) < 4.78 is 126. The number of carbonyl (C=O) groups excluding carboxylic acids is 3. The molecule has 2 atom stereocenters. The predicted molar refractivity (Wildman–Crippen MR) is 130 cm³/mol. The lowest BCUT2D eigenvalue weighted by Crippen LogP contribution is -2.49. The fourth-order valence-electron chi connectivity index (χ4n) is 4.74. The van der Waals surface area contributed by atoms with Crippen LogP contribution < -0.4 is 4.90 Å². The molecule has 0 saturated heterocycles. The van der Waals surface area contributed by atoms with Crippen LogP contribution in [0, 0.1) is 0 Å². The van der Waals surface area contributed by atoms with Crippen molar-refractivity contribution in [3.63, 3.8) is 0 Å². The smallest absolute Gasteiger partial charge is 0.416 e. The highest BCUT2D eigenvalue weighted by Gasteiger charge is 2.43. The average Bonchev–Trinajstić information content (AvgIpc) is 2.81. The number of carbonyl (C=O) groups is 3. The fourth-order valence-corrected chi connectivity index (χ4v) is 4.74. The summed E-state index contributed by atoms with van der Waals surface area (Å²) in [5, 5.41) is 0. The van der Waals surface area contributed by atoms with Crippen LogP contribution in [0.4, 0.5) is 50.0 Å². The van der Waals surface area contributed by atoms with Crippen LogP contribution in [0.25, 0.3) is 0 Å². The van der Waals surface area contributed by atoms with Gasteiger partial charge in [0.05, 0.1) is 40.9 Å². The molecule has 0 N–H and O–H groups in total. The van der Waals surface area contributed by atoms with E-state index in [1.54, 1.807) is 0 Å². The van der Waals surface area contributed by atoms with Crippen LogP contribution in [0.2, 0.25) is 0 Å². The number of nitrogens with zero attached hydrogens (tertiary/aromatic N) is 2. The number of rotatable bonds is 4. The van der Waals surface area contributed by atoms with Gasteiger partial charge in [-0.25, -0.2) is 4.79 Å². The SMILES string of the molecule is CC(=O)N(C(=O)Cc1cc(C(F)(F)F)cc(C(F)(F)F)c1)C1CC(C)N(C(=O)OC(C)C)c2ccc(C(F)(F)F)cc21. The van der Waals surface area contributed by atoms with Crippen molar-refractivity contribution < 1.29 is 58.6 Å². The zero-order valence-corrected chi connectivity index (χ0v) is 22.5. The van der Waals surface area contributed by atoms with E-state index in [0.717, 1.165) is 17.9 Å². The Kier molecular flexibility index (Phi) is 8.95. The first-order valence-corrected chi connectivity index (χ1v) is 12.4. The maximum atomic E-state index is 13.6. The van der Waals surface area contributed by atoms with E-state index in [1.165, 1.54) is 20.8 Å². The van der Waals surface area contributed by atoms with Crippen LogP contribution in [0.15, 0.2) is 36.4 Å². The van der Waals surface area contributed by atoms with Crippen LogP contribution >= 0.6 is 0 Å².